The van der Waals surface area contributed by atoms with E-state index in [2.05, 4.69) is 22.5 Å². The zero-order valence-electron chi connectivity index (χ0n) is 15.1. The first-order chi connectivity index (χ1) is 12.7. The third-order valence-electron chi connectivity index (χ3n) is 5.62. The third kappa shape index (κ3) is 3.16. The lowest BCUT2D eigenvalue weighted by atomic mass is 9.78. The van der Waals surface area contributed by atoms with E-state index in [0.29, 0.717) is 19.8 Å². The van der Waals surface area contributed by atoms with Gasteiger partial charge < -0.3 is 14.8 Å². The van der Waals surface area contributed by atoms with Gasteiger partial charge in [-0.2, -0.15) is 5.10 Å². The van der Waals surface area contributed by atoms with Crippen molar-refractivity contribution < 1.29 is 14.3 Å². The zero-order chi connectivity index (χ0) is 18.0. The average Bonchev–Trinajstić information content (AvgIpc) is 3.38. The van der Waals surface area contributed by atoms with E-state index in [1.165, 1.54) is 18.4 Å². The molecule has 0 bridgehead atoms. The summed E-state index contributed by atoms with van der Waals surface area (Å²) in [7, 11) is 0. The van der Waals surface area contributed by atoms with Crippen LogP contribution in [-0.4, -0.2) is 35.4 Å². The number of hydrogen-bond donors (Lipinski definition) is 1. The van der Waals surface area contributed by atoms with Crippen LogP contribution < -0.4 is 14.8 Å². The molecule has 4 rings (SSSR count). The predicted molar refractivity (Wildman–Crippen MR) is 97.5 cm³/mol. The Kier molecular flexibility index (Phi) is 4.57. The second-order valence-electron chi connectivity index (χ2n) is 7.23. The summed E-state index contributed by atoms with van der Waals surface area (Å²) >= 11 is 0. The number of aromatic nitrogens is 2. The van der Waals surface area contributed by atoms with Gasteiger partial charge in [-0.25, -0.2) is 0 Å². The minimum atomic E-state index is -0.316. The number of nitrogens with zero attached hydrogens (tertiary/aromatic N) is 2. The second kappa shape index (κ2) is 7.02. The van der Waals surface area contributed by atoms with Gasteiger partial charge in [0.2, 0.25) is 5.91 Å². The van der Waals surface area contributed by atoms with Crippen molar-refractivity contribution in [2.75, 3.05) is 19.8 Å². The van der Waals surface area contributed by atoms with E-state index in [1.54, 1.807) is 10.9 Å². The molecular formula is C20H25N3O3. The van der Waals surface area contributed by atoms with Crippen molar-refractivity contribution in [2.24, 2.45) is 0 Å². The van der Waals surface area contributed by atoms with Gasteiger partial charge in [0, 0.05) is 24.4 Å². The van der Waals surface area contributed by atoms with Crippen molar-refractivity contribution in [3.05, 3.63) is 42.2 Å². The van der Waals surface area contributed by atoms with Crippen LogP contribution in [0.15, 0.2) is 36.7 Å². The molecule has 1 amide bonds. The van der Waals surface area contributed by atoms with Crippen LogP contribution in [0.2, 0.25) is 0 Å². The second-order valence-corrected chi connectivity index (χ2v) is 7.23. The number of fused-ring (bicyclic) bond motifs is 1. The van der Waals surface area contributed by atoms with Gasteiger partial charge >= 0.3 is 0 Å². The predicted octanol–water partition coefficient (Wildman–Crippen LogP) is 2.84. The van der Waals surface area contributed by atoms with Crippen LogP contribution in [-0.2, 0) is 10.2 Å². The lowest BCUT2D eigenvalue weighted by Gasteiger charge is -2.31. The first kappa shape index (κ1) is 16.9. The van der Waals surface area contributed by atoms with Gasteiger partial charge in [0.1, 0.15) is 19.3 Å². The van der Waals surface area contributed by atoms with Crippen LogP contribution in [0.1, 0.15) is 44.2 Å². The Labute approximate surface area is 153 Å². The SMILES string of the molecule is CC(C(=O)NCC1(c2ccc3c(c2)OCCO3)CCCC1)n1cccn1. The Balaban J connectivity index is 1.51. The lowest BCUT2D eigenvalue weighted by molar-refractivity contribution is -0.124. The third-order valence-corrected chi connectivity index (χ3v) is 5.62. The molecule has 6 nitrogen and oxygen atoms in total. The molecule has 1 N–H and O–H groups in total. The van der Waals surface area contributed by atoms with E-state index in [-0.39, 0.29) is 17.4 Å². The molecular weight excluding hydrogens is 330 g/mol. The van der Waals surface area contributed by atoms with Crippen molar-refractivity contribution in [2.45, 2.75) is 44.1 Å². The standard InChI is InChI=1S/C20H25N3O3/c1-15(23-10-4-9-22-23)19(24)21-14-20(7-2-3-8-20)16-5-6-17-18(13-16)26-12-11-25-17/h4-6,9-10,13,15H,2-3,7-8,11-12,14H2,1H3,(H,21,24). The van der Waals surface area contributed by atoms with Crippen LogP contribution in [0.25, 0.3) is 0 Å². The number of benzene rings is 1. The van der Waals surface area contributed by atoms with E-state index in [1.807, 2.05) is 25.3 Å². The van der Waals surface area contributed by atoms with Crippen LogP contribution in [0.3, 0.4) is 0 Å². The van der Waals surface area contributed by atoms with Crippen LogP contribution >= 0.6 is 0 Å². The van der Waals surface area contributed by atoms with Gasteiger partial charge in [-0.1, -0.05) is 18.9 Å². The number of carbonyl (C=O) groups is 1. The Hall–Kier alpha value is -2.50. The number of amides is 1. The first-order valence-corrected chi connectivity index (χ1v) is 9.35. The zero-order valence-corrected chi connectivity index (χ0v) is 15.1. The molecule has 2 aliphatic rings. The van der Waals surface area contributed by atoms with E-state index < -0.39 is 0 Å². The van der Waals surface area contributed by atoms with Gasteiger partial charge in [0.05, 0.1) is 0 Å². The van der Waals surface area contributed by atoms with Crippen molar-refractivity contribution >= 4 is 5.91 Å². The summed E-state index contributed by atoms with van der Waals surface area (Å²) in [5.74, 6) is 1.62. The number of rotatable bonds is 5. The molecule has 1 aliphatic carbocycles. The highest BCUT2D eigenvalue weighted by molar-refractivity contribution is 5.79. The summed E-state index contributed by atoms with van der Waals surface area (Å²) in [6.07, 6.45) is 8.01. The highest BCUT2D eigenvalue weighted by Gasteiger charge is 2.37. The Morgan fingerprint density at radius 2 is 2.04 bits per heavy atom. The normalized spacial score (nSPS) is 19.1. The molecule has 1 aromatic heterocycles. The Morgan fingerprint density at radius 1 is 1.27 bits per heavy atom. The van der Waals surface area contributed by atoms with Crippen LogP contribution in [0.4, 0.5) is 0 Å². The quantitative estimate of drug-likeness (QED) is 0.896. The summed E-state index contributed by atoms with van der Waals surface area (Å²) in [6.45, 7) is 3.69. The summed E-state index contributed by atoms with van der Waals surface area (Å²) in [5, 5.41) is 7.33. The van der Waals surface area contributed by atoms with E-state index in [4.69, 9.17) is 9.47 Å². The fourth-order valence-corrected chi connectivity index (χ4v) is 4.03. The molecule has 0 saturated heterocycles. The Morgan fingerprint density at radius 3 is 2.77 bits per heavy atom. The van der Waals surface area contributed by atoms with Crippen molar-refractivity contribution in [1.82, 2.24) is 15.1 Å². The number of carbonyl (C=O) groups excluding carboxylic acids is 1. The summed E-state index contributed by atoms with van der Waals surface area (Å²) < 4.78 is 13.1. The smallest absolute Gasteiger partial charge is 0.244 e. The number of nitrogens with one attached hydrogen (secondary N) is 1. The van der Waals surface area contributed by atoms with Gasteiger partial charge in [-0.3, -0.25) is 9.48 Å². The molecule has 6 heteroatoms. The molecule has 1 aromatic carbocycles. The van der Waals surface area contributed by atoms with Gasteiger partial charge in [-0.15, -0.1) is 0 Å². The summed E-state index contributed by atoms with van der Waals surface area (Å²) in [4.78, 5) is 12.6. The molecule has 1 saturated carbocycles. The van der Waals surface area contributed by atoms with E-state index in [0.717, 1.165) is 24.3 Å². The largest absolute Gasteiger partial charge is 0.486 e. The highest BCUT2D eigenvalue weighted by Crippen LogP contribution is 2.43. The summed E-state index contributed by atoms with van der Waals surface area (Å²) in [6, 6.07) is 7.74. The van der Waals surface area contributed by atoms with Gasteiger partial charge in [0.25, 0.3) is 0 Å². The molecule has 1 unspecified atom stereocenters. The molecule has 1 aliphatic heterocycles. The minimum Gasteiger partial charge on any atom is -0.486 e. The molecule has 26 heavy (non-hydrogen) atoms. The molecule has 0 spiro atoms. The monoisotopic (exact) mass is 355 g/mol. The lowest BCUT2D eigenvalue weighted by Crippen LogP contribution is -2.41. The van der Waals surface area contributed by atoms with E-state index in [9.17, 15) is 4.79 Å². The fraction of sp³-hybridized carbons (Fsp3) is 0.500. The topological polar surface area (TPSA) is 65.4 Å². The molecule has 1 atom stereocenters. The van der Waals surface area contributed by atoms with Crippen molar-refractivity contribution in [1.29, 1.82) is 0 Å². The fourth-order valence-electron chi connectivity index (χ4n) is 4.03. The van der Waals surface area contributed by atoms with E-state index >= 15 is 0 Å². The maximum absolute atomic E-state index is 12.6. The van der Waals surface area contributed by atoms with Crippen molar-refractivity contribution in [3.8, 4) is 11.5 Å². The molecule has 2 heterocycles. The van der Waals surface area contributed by atoms with Crippen molar-refractivity contribution in [3.63, 3.8) is 0 Å². The average molecular weight is 355 g/mol. The van der Waals surface area contributed by atoms with Gasteiger partial charge in [-0.05, 0) is 43.5 Å². The maximum Gasteiger partial charge on any atom is 0.244 e. The Bertz CT molecular complexity index is 767. The highest BCUT2D eigenvalue weighted by atomic mass is 16.6. The molecule has 0 radical (unpaired) electrons. The number of hydrogen-bond acceptors (Lipinski definition) is 4. The summed E-state index contributed by atoms with van der Waals surface area (Å²) in [5.41, 5.74) is 1.20. The van der Waals surface area contributed by atoms with Gasteiger partial charge in [0.15, 0.2) is 11.5 Å². The van der Waals surface area contributed by atoms with Crippen LogP contribution in [0, 0.1) is 0 Å². The maximum atomic E-state index is 12.6. The molecule has 1 fully saturated rings. The molecule has 138 valence electrons. The first-order valence-electron chi connectivity index (χ1n) is 9.35. The number of ether oxygens (including phenoxy) is 2. The molecule has 2 aromatic rings. The van der Waals surface area contributed by atoms with Crippen LogP contribution in [0.5, 0.6) is 11.5 Å². The minimum absolute atomic E-state index is 0.00230.